The lowest BCUT2D eigenvalue weighted by Crippen LogP contribution is -2.25. The van der Waals surface area contributed by atoms with Crippen LogP contribution < -0.4 is 9.64 Å². The third-order valence-electron chi connectivity index (χ3n) is 4.71. The van der Waals surface area contributed by atoms with E-state index in [1.54, 1.807) is 17.9 Å². The van der Waals surface area contributed by atoms with Gasteiger partial charge in [-0.25, -0.2) is 4.39 Å². The maximum Gasteiger partial charge on any atom is 0.573 e. The van der Waals surface area contributed by atoms with Crippen LogP contribution in [0.1, 0.15) is 23.8 Å². The van der Waals surface area contributed by atoms with Crippen LogP contribution in [0.3, 0.4) is 0 Å². The smallest absolute Gasteiger partial charge is 0.406 e. The molecule has 6 nitrogen and oxygen atoms in total. The molecule has 0 aliphatic carbocycles. The molecule has 2 heterocycles. The van der Waals surface area contributed by atoms with Gasteiger partial charge >= 0.3 is 6.36 Å². The van der Waals surface area contributed by atoms with E-state index in [2.05, 4.69) is 14.9 Å². The summed E-state index contributed by atoms with van der Waals surface area (Å²) in [7, 11) is 0. The molecule has 1 fully saturated rings. The summed E-state index contributed by atoms with van der Waals surface area (Å²) in [5, 5.41) is 3.86. The summed E-state index contributed by atoms with van der Waals surface area (Å²) >= 11 is 0. The van der Waals surface area contributed by atoms with Crippen molar-refractivity contribution < 1.29 is 31.6 Å². The SMILES string of the molecule is Cc1cc(F)ccc1N1CC(c2nc(-c3ccc(OC(F)(F)F)cc3)no2)CC1=O. The molecule has 0 N–H and O–H groups in total. The quantitative estimate of drug-likeness (QED) is 0.576. The van der Waals surface area contributed by atoms with Gasteiger partial charge in [0.2, 0.25) is 17.6 Å². The highest BCUT2D eigenvalue weighted by Gasteiger charge is 2.36. The molecule has 3 aromatic rings. The van der Waals surface area contributed by atoms with Crippen LogP contribution in [0, 0.1) is 12.7 Å². The van der Waals surface area contributed by atoms with Crippen molar-refractivity contribution in [2.45, 2.75) is 25.6 Å². The predicted octanol–water partition coefficient (Wildman–Crippen LogP) is 4.60. The summed E-state index contributed by atoms with van der Waals surface area (Å²) in [5.41, 5.74) is 1.69. The monoisotopic (exact) mass is 421 g/mol. The minimum Gasteiger partial charge on any atom is -0.406 e. The Balaban J connectivity index is 1.50. The van der Waals surface area contributed by atoms with E-state index in [-0.39, 0.29) is 41.5 Å². The van der Waals surface area contributed by atoms with Crippen molar-refractivity contribution in [3.63, 3.8) is 0 Å². The third-order valence-corrected chi connectivity index (χ3v) is 4.71. The zero-order valence-corrected chi connectivity index (χ0v) is 15.6. The number of amides is 1. The molecule has 0 saturated carbocycles. The van der Waals surface area contributed by atoms with Gasteiger partial charge in [0, 0.05) is 24.2 Å². The Kier molecular flexibility index (Phi) is 4.92. The molecule has 1 atom stereocenters. The molecule has 30 heavy (non-hydrogen) atoms. The van der Waals surface area contributed by atoms with E-state index in [0.29, 0.717) is 23.4 Å². The van der Waals surface area contributed by atoms with Crippen LogP contribution in [0.4, 0.5) is 23.2 Å². The summed E-state index contributed by atoms with van der Waals surface area (Å²) in [4.78, 5) is 18.3. The van der Waals surface area contributed by atoms with Gasteiger partial charge in [0.05, 0.1) is 5.92 Å². The second-order valence-corrected chi connectivity index (χ2v) is 6.86. The van der Waals surface area contributed by atoms with Crippen molar-refractivity contribution in [2.75, 3.05) is 11.4 Å². The highest BCUT2D eigenvalue weighted by Crippen LogP contribution is 2.34. The van der Waals surface area contributed by atoms with E-state index in [0.717, 1.165) is 12.1 Å². The van der Waals surface area contributed by atoms with E-state index < -0.39 is 6.36 Å². The molecule has 1 saturated heterocycles. The number of benzene rings is 2. The standard InChI is InChI=1S/C20H15F4N3O3/c1-11-8-14(21)4-7-16(11)27-10-13(9-17(27)28)19-25-18(26-30-19)12-2-5-15(6-3-12)29-20(22,23)24/h2-8,13H,9-10H2,1H3. The second-order valence-electron chi connectivity index (χ2n) is 6.86. The number of aromatic nitrogens is 2. The van der Waals surface area contributed by atoms with Gasteiger partial charge in [0.25, 0.3) is 0 Å². The number of nitrogens with zero attached hydrogens (tertiary/aromatic N) is 3. The Morgan fingerprint density at radius 2 is 1.90 bits per heavy atom. The molecule has 1 aromatic heterocycles. The minimum atomic E-state index is -4.77. The largest absolute Gasteiger partial charge is 0.573 e. The van der Waals surface area contributed by atoms with Crippen molar-refractivity contribution in [3.05, 3.63) is 59.7 Å². The summed E-state index contributed by atoms with van der Waals surface area (Å²) < 4.78 is 59.2. The van der Waals surface area contributed by atoms with E-state index in [1.807, 2.05) is 0 Å². The number of rotatable bonds is 4. The first-order valence-electron chi connectivity index (χ1n) is 8.96. The van der Waals surface area contributed by atoms with Crippen LogP contribution in [0.2, 0.25) is 0 Å². The maximum absolute atomic E-state index is 13.3. The van der Waals surface area contributed by atoms with Crippen LogP contribution in [0.25, 0.3) is 11.4 Å². The molecular formula is C20H15F4N3O3. The lowest BCUT2D eigenvalue weighted by atomic mass is 10.1. The molecule has 156 valence electrons. The average molecular weight is 421 g/mol. The first kappa shape index (κ1) is 19.9. The number of aryl methyl sites for hydroxylation is 1. The number of hydrogen-bond donors (Lipinski definition) is 0. The molecule has 1 unspecified atom stereocenters. The average Bonchev–Trinajstić information content (AvgIpc) is 3.28. The van der Waals surface area contributed by atoms with Gasteiger partial charge in [-0.2, -0.15) is 4.98 Å². The number of carbonyl (C=O) groups excluding carboxylic acids is 1. The van der Waals surface area contributed by atoms with E-state index in [9.17, 15) is 22.4 Å². The van der Waals surface area contributed by atoms with Crippen molar-refractivity contribution in [3.8, 4) is 17.1 Å². The molecule has 0 radical (unpaired) electrons. The number of anilines is 1. The number of halogens is 4. The maximum atomic E-state index is 13.3. The summed E-state index contributed by atoms with van der Waals surface area (Å²) in [6, 6.07) is 9.25. The molecular weight excluding hydrogens is 406 g/mol. The highest BCUT2D eigenvalue weighted by atomic mass is 19.4. The molecule has 1 aliphatic heterocycles. The zero-order chi connectivity index (χ0) is 21.5. The lowest BCUT2D eigenvalue weighted by Gasteiger charge is -2.18. The number of alkyl halides is 3. The Hall–Kier alpha value is -3.43. The first-order valence-corrected chi connectivity index (χ1v) is 8.96. The van der Waals surface area contributed by atoms with Crippen molar-refractivity contribution in [1.82, 2.24) is 10.1 Å². The summed E-state index contributed by atoms with van der Waals surface area (Å²) in [6.45, 7) is 2.02. The van der Waals surface area contributed by atoms with E-state index >= 15 is 0 Å². The predicted molar refractivity (Wildman–Crippen MR) is 97.3 cm³/mol. The Morgan fingerprint density at radius 3 is 2.57 bits per heavy atom. The zero-order valence-electron chi connectivity index (χ0n) is 15.6. The van der Waals surface area contributed by atoms with Crippen molar-refractivity contribution >= 4 is 11.6 Å². The summed E-state index contributed by atoms with van der Waals surface area (Å²) in [6.07, 6.45) is -4.62. The second kappa shape index (κ2) is 7.43. The number of ether oxygens (including phenoxy) is 1. The van der Waals surface area contributed by atoms with Crippen LogP contribution in [0.5, 0.6) is 5.75 Å². The topological polar surface area (TPSA) is 68.5 Å². The van der Waals surface area contributed by atoms with Gasteiger partial charge in [0.1, 0.15) is 11.6 Å². The fourth-order valence-electron chi connectivity index (χ4n) is 3.35. The van der Waals surface area contributed by atoms with Crippen LogP contribution in [0.15, 0.2) is 47.0 Å². The van der Waals surface area contributed by atoms with Crippen molar-refractivity contribution in [2.24, 2.45) is 0 Å². The molecule has 0 bridgehead atoms. The normalized spacial score (nSPS) is 16.9. The highest BCUT2D eigenvalue weighted by molar-refractivity contribution is 5.97. The molecule has 4 rings (SSSR count). The molecule has 1 amide bonds. The van der Waals surface area contributed by atoms with Gasteiger partial charge in [-0.1, -0.05) is 5.16 Å². The van der Waals surface area contributed by atoms with Crippen LogP contribution in [-0.2, 0) is 4.79 Å². The van der Waals surface area contributed by atoms with Gasteiger partial charge < -0.3 is 14.2 Å². The molecule has 0 spiro atoms. The lowest BCUT2D eigenvalue weighted by molar-refractivity contribution is -0.274. The fraction of sp³-hybridized carbons (Fsp3) is 0.250. The molecule has 2 aromatic carbocycles. The number of hydrogen-bond acceptors (Lipinski definition) is 5. The number of carbonyl (C=O) groups is 1. The van der Waals surface area contributed by atoms with Gasteiger partial charge in [-0.15, -0.1) is 13.2 Å². The van der Waals surface area contributed by atoms with E-state index in [1.165, 1.54) is 24.3 Å². The van der Waals surface area contributed by atoms with Crippen LogP contribution >= 0.6 is 0 Å². The third kappa shape index (κ3) is 4.12. The van der Waals surface area contributed by atoms with Gasteiger partial charge in [-0.3, -0.25) is 4.79 Å². The first-order chi connectivity index (χ1) is 14.2. The minimum absolute atomic E-state index is 0.150. The fourth-order valence-corrected chi connectivity index (χ4v) is 3.35. The Bertz CT molecular complexity index is 1080. The van der Waals surface area contributed by atoms with Crippen molar-refractivity contribution in [1.29, 1.82) is 0 Å². The van der Waals surface area contributed by atoms with Gasteiger partial charge in [0.15, 0.2) is 0 Å². The van der Waals surface area contributed by atoms with Crippen LogP contribution in [-0.4, -0.2) is 29.0 Å². The van der Waals surface area contributed by atoms with E-state index in [4.69, 9.17) is 4.52 Å². The summed E-state index contributed by atoms with van der Waals surface area (Å²) in [5.74, 6) is -0.808. The van der Waals surface area contributed by atoms with Gasteiger partial charge in [-0.05, 0) is 55.0 Å². The molecule has 10 heteroatoms. The molecule has 1 aliphatic rings. The Labute approximate surface area is 168 Å². The Morgan fingerprint density at radius 1 is 1.17 bits per heavy atom.